The van der Waals surface area contributed by atoms with Crippen LogP contribution in [-0.4, -0.2) is 10.9 Å². The van der Waals surface area contributed by atoms with Crippen molar-refractivity contribution in [2.45, 2.75) is 38.5 Å². The third kappa shape index (κ3) is 4.46. The van der Waals surface area contributed by atoms with Crippen LogP contribution in [0, 0.1) is 0 Å². The molecule has 0 saturated heterocycles. The maximum Gasteiger partial charge on any atom is 0.225 e. The van der Waals surface area contributed by atoms with Gasteiger partial charge in [-0.05, 0) is 35.7 Å². The van der Waals surface area contributed by atoms with E-state index in [-0.39, 0.29) is 5.41 Å². The van der Waals surface area contributed by atoms with Gasteiger partial charge in [0.2, 0.25) is 5.91 Å². The van der Waals surface area contributed by atoms with Gasteiger partial charge < -0.3 is 5.73 Å². The van der Waals surface area contributed by atoms with Gasteiger partial charge in [-0.15, -0.1) is 0 Å². The number of hydrogen-bond acceptors (Lipinski definition) is 2. The van der Waals surface area contributed by atoms with Crippen molar-refractivity contribution in [3.63, 3.8) is 0 Å². The molecule has 0 aliphatic heterocycles. The summed E-state index contributed by atoms with van der Waals surface area (Å²) in [5.41, 5.74) is 8.27. The largest absolute Gasteiger partial charge is 0.369 e. The topological polar surface area (TPSA) is 56.0 Å². The molecule has 5 heteroatoms. The molecule has 0 radical (unpaired) electrons. The normalized spacial score (nSPS) is 12.9. The summed E-state index contributed by atoms with van der Waals surface area (Å²) in [7, 11) is 0. The van der Waals surface area contributed by atoms with Crippen molar-refractivity contribution in [1.29, 1.82) is 0 Å². The second-order valence-corrected chi connectivity index (χ2v) is 7.45. The second kappa shape index (κ2) is 6.90. The van der Waals surface area contributed by atoms with E-state index in [2.05, 4.69) is 25.8 Å². The molecule has 0 bridgehead atoms. The number of amides is 1. The number of nitrogens with two attached hydrogens (primary N) is 1. The molecular formula is C18H20Cl2N2O. The molecule has 1 atom stereocenters. The van der Waals surface area contributed by atoms with E-state index in [4.69, 9.17) is 28.9 Å². The molecule has 0 spiro atoms. The number of nitrogens with zero attached hydrogens (tertiary/aromatic N) is 1. The van der Waals surface area contributed by atoms with E-state index in [1.807, 2.05) is 12.1 Å². The minimum absolute atomic E-state index is 0.00861. The molecule has 3 nitrogen and oxygen atoms in total. The number of primary amides is 1. The van der Waals surface area contributed by atoms with Crippen LogP contribution in [0.25, 0.3) is 0 Å². The van der Waals surface area contributed by atoms with Gasteiger partial charge in [0.25, 0.3) is 0 Å². The molecule has 1 aromatic heterocycles. The quantitative estimate of drug-likeness (QED) is 0.882. The van der Waals surface area contributed by atoms with Gasteiger partial charge >= 0.3 is 0 Å². The van der Waals surface area contributed by atoms with E-state index in [1.165, 1.54) is 0 Å². The Kier molecular flexibility index (Phi) is 5.33. The van der Waals surface area contributed by atoms with E-state index < -0.39 is 11.8 Å². The van der Waals surface area contributed by atoms with Crippen molar-refractivity contribution in [1.82, 2.24) is 4.98 Å². The molecule has 0 aliphatic rings. The van der Waals surface area contributed by atoms with E-state index in [0.29, 0.717) is 16.5 Å². The summed E-state index contributed by atoms with van der Waals surface area (Å²) in [4.78, 5) is 16.3. The maximum absolute atomic E-state index is 11.9. The van der Waals surface area contributed by atoms with Crippen LogP contribution in [0.1, 0.15) is 43.5 Å². The first-order chi connectivity index (χ1) is 10.7. The summed E-state index contributed by atoms with van der Waals surface area (Å²) < 4.78 is 0. The summed E-state index contributed by atoms with van der Waals surface area (Å²) in [6.07, 6.45) is 2.28. The number of hydrogen-bond donors (Lipinski definition) is 1. The van der Waals surface area contributed by atoms with Crippen LogP contribution < -0.4 is 5.73 Å². The first-order valence-corrected chi connectivity index (χ1v) is 8.14. The Hall–Kier alpha value is -1.58. The fraction of sp³-hybridized carbons (Fsp3) is 0.333. The molecule has 1 heterocycles. The summed E-state index contributed by atoms with van der Waals surface area (Å²) in [6.45, 7) is 6.32. The van der Waals surface area contributed by atoms with Gasteiger partial charge in [0, 0.05) is 17.3 Å². The van der Waals surface area contributed by atoms with Crippen LogP contribution in [0.15, 0.2) is 36.5 Å². The molecule has 1 amide bonds. The van der Waals surface area contributed by atoms with Gasteiger partial charge in [-0.25, -0.2) is 0 Å². The van der Waals surface area contributed by atoms with E-state index >= 15 is 0 Å². The molecule has 2 rings (SSSR count). The lowest BCUT2D eigenvalue weighted by molar-refractivity contribution is -0.119. The Morgan fingerprint density at radius 1 is 1.17 bits per heavy atom. The fourth-order valence-electron chi connectivity index (χ4n) is 2.34. The zero-order valence-corrected chi connectivity index (χ0v) is 14.9. The van der Waals surface area contributed by atoms with Crippen molar-refractivity contribution in [3.8, 4) is 0 Å². The van der Waals surface area contributed by atoms with Crippen LogP contribution in [0.3, 0.4) is 0 Å². The smallest absolute Gasteiger partial charge is 0.225 e. The Labute approximate surface area is 146 Å². The molecule has 23 heavy (non-hydrogen) atoms. The number of halogens is 2. The van der Waals surface area contributed by atoms with Crippen LogP contribution in [-0.2, 0) is 16.6 Å². The molecule has 2 aromatic rings. The van der Waals surface area contributed by atoms with Crippen molar-refractivity contribution >= 4 is 29.1 Å². The van der Waals surface area contributed by atoms with Gasteiger partial charge in [0.15, 0.2) is 0 Å². The maximum atomic E-state index is 11.9. The lowest BCUT2D eigenvalue weighted by Gasteiger charge is -2.19. The highest BCUT2D eigenvalue weighted by atomic mass is 35.5. The Morgan fingerprint density at radius 2 is 1.87 bits per heavy atom. The zero-order chi connectivity index (χ0) is 17.2. The molecule has 1 unspecified atom stereocenters. The summed E-state index contributed by atoms with van der Waals surface area (Å²) in [5, 5.41) is 0.867. The van der Waals surface area contributed by atoms with E-state index in [1.54, 1.807) is 24.4 Å². The van der Waals surface area contributed by atoms with Gasteiger partial charge in [-0.2, -0.15) is 0 Å². The first-order valence-electron chi connectivity index (χ1n) is 7.38. The zero-order valence-electron chi connectivity index (χ0n) is 13.4. The third-order valence-corrected chi connectivity index (χ3v) is 4.46. The van der Waals surface area contributed by atoms with Crippen LogP contribution in [0.4, 0.5) is 0 Å². The Balaban J connectivity index is 2.26. The van der Waals surface area contributed by atoms with E-state index in [0.717, 1.165) is 16.8 Å². The fourth-order valence-corrected chi connectivity index (χ4v) is 2.64. The Morgan fingerprint density at radius 3 is 2.35 bits per heavy atom. The minimum atomic E-state index is -0.466. The minimum Gasteiger partial charge on any atom is -0.369 e. The Bertz CT molecular complexity index is 706. The van der Waals surface area contributed by atoms with Crippen LogP contribution in [0.5, 0.6) is 0 Å². The van der Waals surface area contributed by atoms with Gasteiger partial charge in [0.1, 0.15) is 0 Å². The van der Waals surface area contributed by atoms with E-state index in [9.17, 15) is 4.79 Å². The predicted molar refractivity (Wildman–Crippen MR) is 95.0 cm³/mol. The first kappa shape index (κ1) is 17.8. The number of carbonyl (C=O) groups is 1. The number of carbonyl (C=O) groups excluding carboxylic acids is 1. The molecule has 0 aliphatic carbocycles. The molecule has 0 fully saturated rings. The van der Waals surface area contributed by atoms with Gasteiger partial charge in [-0.1, -0.05) is 56.1 Å². The van der Waals surface area contributed by atoms with Crippen molar-refractivity contribution in [2.75, 3.05) is 0 Å². The van der Waals surface area contributed by atoms with Gasteiger partial charge in [0.05, 0.1) is 16.0 Å². The highest BCUT2D eigenvalue weighted by molar-refractivity contribution is 6.42. The predicted octanol–water partition coefficient (Wildman–Crippen LogP) is 4.50. The number of rotatable bonds is 4. The van der Waals surface area contributed by atoms with Crippen molar-refractivity contribution < 1.29 is 4.79 Å². The second-order valence-electron chi connectivity index (χ2n) is 6.63. The SMILES string of the molecule is CC(C)(C)c1ccc(CC(C(N)=O)c2ccc(Cl)c(Cl)c2)cn1. The van der Waals surface area contributed by atoms with Crippen molar-refractivity contribution in [3.05, 3.63) is 63.4 Å². The summed E-state index contributed by atoms with van der Waals surface area (Å²) >= 11 is 12.0. The highest BCUT2D eigenvalue weighted by Gasteiger charge is 2.20. The highest BCUT2D eigenvalue weighted by Crippen LogP contribution is 2.29. The molecule has 122 valence electrons. The standard InChI is InChI=1S/C18H20Cl2N2O/c1-18(2,3)16-7-4-11(10-22-16)8-13(17(21)23)12-5-6-14(19)15(20)9-12/h4-7,9-10,13H,8H2,1-3H3,(H2,21,23). The number of aromatic nitrogens is 1. The van der Waals surface area contributed by atoms with Crippen LogP contribution in [0.2, 0.25) is 10.0 Å². The lowest BCUT2D eigenvalue weighted by Crippen LogP contribution is -2.23. The van der Waals surface area contributed by atoms with Crippen molar-refractivity contribution in [2.24, 2.45) is 5.73 Å². The average molecular weight is 351 g/mol. The average Bonchev–Trinajstić information content (AvgIpc) is 2.47. The molecule has 2 N–H and O–H groups in total. The number of benzene rings is 1. The number of pyridine rings is 1. The molecule has 1 aromatic carbocycles. The molecule has 0 saturated carbocycles. The summed E-state index contributed by atoms with van der Waals surface area (Å²) in [6, 6.07) is 9.12. The monoisotopic (exact) mass is 350 g/mol. The molecular weight excluding hydrogens is 331 g/mol. The lowest BCUT2D eigenvalue weighted by atomic mass is 9.89. The summed E-state index contributed by atoms with van der Waals surface area (Å²) in [5.74, 6) is -0.865. The third-order valence-electron chi connectivity index (χ3n) is 3.72. The van der Waals surface area contributed by atoms with Crippen LogP contribution >= 0.6 is 23.2 Å². The van der Waals surface area contributed by atoms with Gasteiger partial charge in [-0.3, -0.25) is 9.78 Å².